The van der Waals surface area contributed by atoms with E-state index in [0.717, 1.165) is 18.7 Å². The lowest BCUT2D eigenvalue weighted by molar-refractivity contribution is 0.221. The van der Waals surface area contributed by atoms with Crippen molar-refractivity contribution < 1.29 is 4.74 Å². The molecule has 0 saturated carbocycles. The molecule has 0 N–H and O–H groups in total. The van der Waals surface area contributed by atoms with Crippen molar-refractivity contribution >= 4 is 0 Å². The third kappa shape index (κ3) is 4.38. The number of hydrogen-bond donors (Lipinski definition) is 0. The minimum Gasteiger partial charge on any atom is -0.495 e. The van der Waals surface area contributed by atoms with E-state index in [4.69, 9.17) is 10.00 Å². The maximum absolute atomic E-state index is 9.05. The second-order valence-electron chi connectivity index (χ2n) is 5.88. The SMILES string of the molecule is COc1ccc(CN(C)CC(C)(C)C)cc1C#N. The van der Waals surface area contributed by atoms with Crippen molar-refractivity contribution in [3.8, 4) is 11.8 Å². The molecule has 1 aromatic rings. The van der Waals surface area contributed by atoms with E-state index in [1.165, 1.54) is 0 Å². The second kappa shape index (κ2) is 5.88. The Morgan fingerprint density at radius 1 is 1.33 bits per heavy atom. The van der Waals surface area contributed by atoms with Crippen LogP contribution in [0.25, 0.3) is 0 Å². The van der Waals surface area contributed by atoms with Crippen molar-refractivity contribution in [1.29, 1.82) is 5.26 Å². The average Bonchev–Trinajstić information content (AvgIpc) is 2.26. The fourth-order valence-electron chi connectivity index (χ4n) is 2.12. The second-order valence-corrected chi connectivity index (χ2v) is 5.88. The molecule has 0 fully saturated rings. The highest BCUT2D eigenvalue weighted by Crippen LogP contribution is 2.21. The molecule has 0 bridgehead atoms. The van der Waals surface area contributed by atoms with Crippen LogP contribution < -0.4 is 4.74 Å². The highest BCUT2D eigenvalue weighted by atomic mass is 16.5. The van der Waals surface area contributed by atoms with Gasteiger partial charge in [0.2, 0.25) is 0 Å². The standard InChI is InChI=1S/C15H22N2O/c1-15(2,3)11-17(4)10-12-6-7-14(18-5)13(8-12)9-16/h6-8H,10-11H2,1-5H3. The minimum atomic E-state index is 0.277. The summed E-state index contributed by atoms with van der Waals surface area (Å²) in [6.45, 7) is 8.52. The lowest BCUT2D eigenvalue weighted by atomic mass is 9.96. The Labute approximate surface area is 110 Å². The molecule has 0 heterocycles. The van der Waals surface area contributed by atoms with E-state index in [1.807, 2.05) is 18.2 Å². The molecule has 3 nitrogen and oxygen atoms in total. The van der Waals surface area contributed by atoms with Crippen molar-refractivity contribution in [2.45, 2.75) is 27.3 Å². The van der Waals surface area contributed by atoms with Gasteiger partial charge in [-0.2, -0.15) is 5.26 Å². The Morgan fingerprint density at radius 3 is 2.50 bits per heavy atom. The molecule has 0 aliphatic carbocycles. The van der Waals surface area contributed by atoms with Crippen LogP contribution in [0.2, 0.25) is 0 Å². The van der Waals surface area contributed by atoms with Crippen LogP contribution >= 0.6 is 0 Å². The lowest BCUT2D eigenvalue weighted by Crippen LogP contribution is -2.28. The van der Waals surface area contributed by atoms with E-state index in [-0.39, 0.29) is 5.41 Å². The third-order valence-corrected chi connectivity index (χ3v) is 2.58. The molecule has 0 aliphatic heterocycles. The third-order valence-electron chi connectivity index (χ3n) is 2.58. The van der Waals surface area contributed by atoms with E-state index in [0.29, 0.717) is 11.3 Å². The van der Waals surface area contributed by atoms with Crippen molar-refractivity contribution in [3.63, 3.8) is 0 Å². The number of methoxy groups -OCH3 is 1. The van der Waals surface area contributed by atoms with Gasteiger partial charge in [-0.15, -0.1) is 0 Å². The first-order valence-electron chi connectivity index (χ1n) is 6.11. The molecule has 0 aliphatic rings. The predicted molar refractivity (Wildman–Crippen MR) is 73.5 cm³/mol. The molecule has 1 rings (SSSR count). The molecule has 0 spiro atoms. The van der Waals surface area contributed by atoms with Gasteiger partial charge in [0.25, 0.3) is 0 Å². The van der Waals surface area contributed by atoms with Crippen LogP contribution in [0.4, 0.5) is 0 Å². The Morgan fingerprint density at radius 2 is 2.00 bits per heavy atom. The first-order valence-corrected chi connectivity index (χ1v) is 6.11. The highest BCUT2D eigenvalue weighted by molar-refractivity contribution is 5.45. The zero-order valence-electron chi connectivity index (χ0n) is 11.9. The Kier molecular flexibility index (Phi) is 4.75. The molecule has 98 valence electrons. The number of hydrogen-bond acceptors (Lipinski definition) is 3. The summed E-state index contributed by atoms with van der Waals surface area (Å²) in [7, 11) is 3.68. The Balaban J connectivity index is 2.77. The van der Waals surface area contributed by atoms with E-state index in [2.05, 4.69) is 38.8 Å². The van der Waals surface area contributed by atoms with Crippen LogP contribution in [0.3, 0.4) is 0 Å². The monoisotopic (exact) mass is 246 g/mol. The summed E-state index contributed by atoms with van der Waals surface area (Å²) < 4.78 is 5.14. The lowest BCUT2D eigenvalue weighted by Gasteiger charge is -2.26. The fourth-order valence-corrected chi connectivity index (χ4v) is 2.12. The van der Waals surface area contributed by atoms with Crippen molar-refractivity contribution in [1.82, 2.24) is 4.90 Å². The summed E-state index contributed by atoms with van der Waals surface area (Å²) in [5.41, 5.74) is 2.01. The maximum atomic E-state index is 9.05. The highest BCUT2D eigenvalue weighted by Gasteiger charge is 2.14. The van der Waals surface area contributed by atoms with Gasteiger partial charge in [-0.1, -0.05) is 26.8 Å². The number of nitrogens with zero attached hydrogens (tertiary/aromatic N) is 2. The van der Waals surface area contributed by atoms with Gasteiger partial charge < -0.3 is 9.64 Å². The fraction of sp³-hybridized carbons (Fsp3) is 0.533. The maximum Gasteiger partial charge on any atom is 0.136 e. The van der Waals surface area contributed by atoms with E-state index in [9.17, 15) is 0 Å². The molecule has 18 heavy (non-hydrogen) atoms. The van der Waals surface area contributed by atoms with Gasteiger partial charge in [0.15, 0.2) is 0 Å². The van der Waals surface area contributed by atoms with Crippen LogP contribution in [0, 0.1) is 16.7 Å². The molecule has 0 saturated heterocycles. The molecule has 0 unspecified atom stereocenters. The summed E-state index contributed by atoms with van der Waals surface area (Å²) >= 11 is 0. The van der Waals surface area contributed by atoms with Crippen LogP contribution in [-0.4, -0.2) is 25.6 Å². The molecular formula is C15H22N2O. The van der Waals surface area contributed by atoms with Gasteiger partial charge in [0.1, 0.15) is 11.8 Å². The first-order chi connectivity index (χ1) is 8.35. The topological polar surface area (TPSA) is 36.3 Å². The molecule has 0 aromatic heterocycles. The smallest absolute Gasteiger partial charge is 0.136 e. The van der Waals surface area contributed by atoms with Crippen LogP contribution in [0.5, 0.6) is 5.75 Å². The van der Waals surface area contributed by atoms with Gasteiger partial charge in [-0.25, -0.2) is 0 Å². The van der Waals surface area contributed by atoms with E-state index < -0.39 is 0 Å². The van der Waals surface area contributed by atoms with Gasteiger partial charge in [0.05, 0.1) is 12.7 Å². The van der Waals surface area contributed by atoms with Crippen LogP contribution in [-0.2, 0) is 6.54 Å². The Bertz CT molecular complexity index is 441. The zero-order chi connectivity index (χ0) is 13.8. The van der Waals surface area contributed by atoms with Crippen molar-refractivity contribution in [2.75, 3.05) is 20.7 Å². The quantitative estimate of drug-likeness (QED) is 0.819. The van der Waals surface area contributed by atoms with E-state index in [1.54, 1.807) is 7.11 Å². The summed E-state index contributed by atoms with van der Waals surface area (Å²) in [6, 6.07) is 7.94. The largest absolute Gasteiger partial charge is 0.495 e. The molecule has 3 heteroatoms. The van der Waals surface area contributed by atoms with Crippen molar-refractivity contribution in [2.24, 2.45) is 5.41 Å². The molecule has 0 amide bonds. The number of rotatable bonds is 4. The predicted octanol–water partition coefficient (Wildman–Crippen LogP) is 3.04. The van der Waals surface area contributed by atoms with Crippen LogP contribution in [0.1, 0.15) is 31.9 Å². The minimum absolute atomic E-state index is 0.277. The van der Waals surface area contributed by atoms with Crippen LogP contribution in [0.15, 0.2) is 18.2 Å². The van der Waals surface area contributed by atoms with Crippen molar-refractivity contribution in [3.05, 3.63) is 29.3 Å². The molecule has 1 aromatic carbocycles. The van der Waals surface area contributed by atoms with E-state index >= 15 is 0 Å². The number of benzene rings is 1. The summed E-state index contributed by atoms with van der Waals surface area (Å²) in [5.74, 6) is 0.639. The molecular weight excluding hydrogens is 224 g/mol. The van der Waals surface area contributed by atoms with Gasteiger partial charge in [-0.05, 0) is 30.2 Å². The molecule has 0 radical (unpaired) electrons. The zero-order valence-corrected chi connectivity index (χ0v) is 11.9. The number of ether oxygens (including phenoxy) is 1. The summed E-state index contributed by atoms with van der Waals surface area (Å²) in [5, 5.41) is 9.05. The molecule has 0 atom stereocenters. The Hall–Kier alpha value is -1.53. The summed E-state index contributed by atoms with van der Waals surface area (Å²) in [4.78, 5) is 2.27. The van der Waals surface area contributed by atoms with Gasteiger partial charge >= 0.3 is 0 Å². The first kappa shape index (κ1) is 14.5. The average molecular weight is 246 g/mol. The number of nitriles is 1. The van der Waals surface area contributed by atoms with Gasteiger partial charge in [0, 0.05) is 13.1 Å². The normalized spacial score (nSPS) is 11.4. The summed E-state index contributed by atoms with van der Waals surface area (Å²) in [6.07, 6.45) is 0. The van der Waals surface area contributed by atoms with Gasteiger partial charge in [-0.3, -0.25) is 0 Å².